The fourth-order valence-corrected chi connectivity index (χ4v) is 6.49. The van der Waals surface area contributed by atoms with Gasteiger partial charge in [0.2, 0.25) is 11.8 Å². The molecule has 2 aromatic rings. The van der Waals surface area contributed by atoms with E-state index in [0.29, 0.717) is 71.4 Å². The monoisotopic (exact) mass is 607 g/mol. The molecule has 3 aliphatic heterocycles. The lowest BCUT2D eigenvalue weighted by Gasteiger charge is -2.44. The molecule has 0 aliphatic carbocycles. The van der Waals surface area contributed by atoms with Crippen molar-refractivity contribution >= 4 is 17.8 Å². The van der Waals surface area contributed by atoms with Crippen LogP contribution in [0.4, 0.5) is 4.79 Å². The number of amides is 4. The van der Waals surface area contributed by atoms with Gasteiger partial charge in [0.05, 0.1) is 31.9 Å². The summed E-state index contributed by atoms with van der Waals surface area (Å²) in [7, 11) is 0. The third kappa shape index (κ3) is 8.49. The molecule has 2 aromatic carbocycles. The number of carbonyl (C=O) groups excluding carboxylic acids is 3. The molecule has 11 nitrogen and oxygen atoms in total. The lowest BCUT2D eigenvalue weighted by molar-refractivity contribution is -0.139. The van der Waals surface area contributed by atoms with Crippen molar-refractivity contribution in [1.29, 1.82) is 0 Å². The molecule has 0 radical (unpaired) electrons. The van der Waals surface area contributed by atoms with Crippen LogP contribution in [0.1, 0.15) is 42.7 Å². The highest BCUT2D eigenvalue weighted by Crippen LogP contribution is 2.39. The van der Waals surface area contributed by atoms with Gasteiger partial charge in [0.15, 0.2) is 0 Å². The molecule has 0 bridgehead atoms. The van der Waals surface area contributed by atoms with Crippen molar-refractivity contribution in [2.75, 3.05) is 65.7 Å². The number of likely N-dealkylation sites (tertiary alicyclic amines) is 2. The molecule has 3 atom stereocenters. The summed E-state index contributed by atoms with van der Waals surface area (Å²) in [4.78, 5) is 41.1. The summed E-state index contributed by atoms with van der Waals surface area (Å²) < 4.78 is 16.9. The van der Waals surface area contributed by atoms with Gasteiger partial charge >= 0.3 is 6.03 Å². The minimum absolute atomic E-state index is 0.0145. The van der Waals surface area contributed by atoms with Crippen LogP contribution in [0.3, 0.4) is 0 Å². The van der Waals surface area contributed by atoms with Gasteiger partial charge < -0.3 is 40.4 Å². The minimum atomic E-state index is -0.138. The zero-order chi connectivity index (χ0) is 30.7. The second-order valence-corrected chi connectivity index (χ2v) is 11.7. The van der Waals surface area contributed by atoms with Crippen molar-refractivity contribution in [3.8, 4) is 5.75 Å². The molecule has 238 valence electrons. The largest absolute Gasteiger partial charge is 0.492 e. The highest BCUT2D eigenvalue weighted by Gasteiger charge is 2.38. The number of nitrogens with one attached hydrogen (secondary N) is 2. The first-order valence-corrected chi connectivity index (χ1v) is 15.8. The van der Waals surface area contributed by atoms with Crippen molar-refractivity contribution < 1.29 is 28.6 Å². The van der Waals surface area contributed by atoms with Gasteiger partial charge in [0, 0.05) is 45.1 Å². The Balaban J connectivity index is 1.16. The highest BCUT2D eigenvalue weighted by molar-refractivity contribution is 5.79. The zero-order valence-electron chi connectivity index (χ0n) is 25.3. The Bertz CT molecular complexity index is 1240. The number of hydrogen-bond donors (Lipinski definition) is 3. The predicted molar refractivity (Wildman–Crippen MR) is 165 cm³/mol. The van der Waals surface area contributed by atoms with Gasteiger partial charge in [0.1, 0.15) is 19.0 Å². The molecule has 3 heterocycles. The molecule has 1 unspecified atom stereocenters. The number of hydrogen-bond acceptors (Lipinski definition) is 7. The first kappa shape index (κ1) is 31.7. The van der Waals surface area contributed by atoms with Crippen LogP contribution in [0.5, 0.6) is 5.75 Å². The van der Waals surface area contributed by atoms with Crippen LogP contribution in [-0.4, -0.2) is 105 Å². The number of nitrogens with two attached hydrogens (primary N) is 1. The summed E-state index contributed by atoms with van der Waals surface area (Å²) >= 11 is 0. The Morgan fingerprint density at radius 1 is 0.977 bits per heavy atom. The SMILES string of the molecule is NCCOCCC(=O)NCCOc1cccc(C(c2ccccc2)C2CCN(C(=O)N3CC[C@@H]4OCC(=O)N[C@@H]4C3)CC2)c1. The van der Waals surface area contributed by atoms with E-state index in [1.54, 1.807) is 0 Å². The Labute approximate surface area is 259 Å². The number of rotatable bonds is 12. The van der Waals surface area contributed by atoms with Crippen LogP contribution in [0.25, 0.3) is 0 Å². The van der Waals surface area contributed by atoms with Gasteiger partial charge in [-0.3, -0.25) is 9.59 Å². The first-order valence-electron chi connectivity index (χ1n) is 15.8. The standard InChI is InChI=1S/C33H45N5O6/c34-13-19-42-18-12-30(39)35-14-20-43-27-8-4-7-26(21-27)32(24-5-2-1-3-6-24)25-9-15-37(16-10-25)33(41)38-17-11-29-28(22-38)36-31(40)23-44-29/h1-8,21,25,28-29,32H,9-20,22-23,34H2,(H,35,39)(H,36,40)/t28-,29+,32?/m1/s1. The van der Waals surface area contributed by atoms with Crippen molar-refractivity contribution in [2.24, 2.45) is 11.7 Å². The molecule has 4 N–H and O–H groups in total. The molecule has 3 saturated heterocycles. The van der Waals surface area contributed by atoms with Crippen LogP contribution in [0, 0.1) is 5.92 Å². The van der Waals surface area contributed by atoms with Crippen molar-refractivity contribution in [3.05, 3.63) is 65.7 Å². The van der Waals surface area contributed by atoms with E-state index >= 15 is 0 Å². The van der Waals surface area contributed by atoms with E-state index in [-0.39, 0.29) is 42.5 Å². The highest BCUT2D eigenvalue weighted by atomic mass is 16.5. The van der Waals surface area contributed by atoms with Crippen LogP contribution in [0.15, 0.2) is 54.6 Å². The van der Waals surface area contributed by atoms with Gasteiger partial charge in [-0.05, 0) is 48.4 Å². The topological polar surface area (TPSA) is 135 Å². The normalized spacial score (nSPS) is 21.2. The van der Waals surface area contributed by atoms with Gasteiger partial charge in [-0.15, -0.1) is 0 Å². The van der Waals surface area contributed by atoms with E-state index in [4.69, 9.17) is 19.9 Å². The number of nitrogens with zero attached hydrogens (tertiary/aromatic N) is 2. The average Bonchev–Trinajstić information content (AvgIpc) is 3.05. The second-order valence-electron chi connectivity index (χ2n) is 11.7. The number of piperidine rings is 2. The van der Waals surface area contributed by atoms with Gasteiger partial charge in [-0.25, -0.2) is 4.79 Å². The smallest absolute Gasteiger partial charge is 0.320 e. The Kier molecular flexibility index (Phi) is 11.5. The summed E-state index contributed by atoms with van der Waals surface area (Å²) in [5, 5.41) is 5.85. The number of carbonyl (C=O) groups is 3. The molecule has 4 amide bonds. The Morgan fingerprint density at radius 2 is 1.75 bits per heavy atom. The maximum atomic E-state index is 13.5. The second kappa shape index (κ2) is 15.9. The Morgan fingerprint density at radius 3 is 2.55 bits per heavy atom. The summed E-state index contributed by atoms with van der Waals surface area (Å²) in [6, 6.07) is 18.6. The van der Waals surface area contributed by atoms with E-state index in [9.17, 15) is 14.4 Å². The quantitative estimate of drug-likeness (QED) is 0.315. The maximum Gasteiger partial charge on any atom is 0.320 e. The van der Waals surface area contributed by atoms with Gasteiger partial charge in [-0.1, -0.05) is 42.5 Å². The van der Waals surface area contributed by atoms with Gasteiger partial charge in [-0.2, -0.15) is 0 Å². The molecule has 0 spiro atoms. The number of benzene rings is 2. The van der Waals surface area contributed by atoms with E-state index in [1.807, 2.05) is 28.0 Å². The van der Waals surface area contributed by atoms with Crippen LogP contribution in [0.2, 0.25) is 0 Å². The third-order valence-corrected chi connectivity index (χ3v) is 8.68. The van der Waals surface area contributed by atoms with Crippen LogP contribution >= 0.6 is 0 Å². The molecule has 0 aromatic heterocycles. The third-order valence-electron chi connectivity index (χ3n) is 8.68. The zero-order valence-corrected chi connectivity index (χ0v) is 25.3. The molecule has 11 heteroatoms. The van der Waals surface area contributed by atoms with E-state index in [2.05, 4.69) is 47.0 Å². The van der Waals surface area contributed by atoms with Crippen LogP contribution in [-0.2, 0) is 19.1 Å². The fraction of sp³-hybridized carbons (Fsp3) is 0.545. The maximum absolute atomic E-state index is 13.5. The molecule has 44 heavy (non-hydrogen) atoms. The number of urea groups is 1. The lowest BCUT2D eigenvalue weighted by Crippen LogP contribution is -2.62. The molecular formula is C33H45N5O6. The van der Waals surface area contributed by atoms with Crippen molar-refractivity contribution in [3.63, 3.8) is 0 Å². The molecule has 3 fully saturated rings. The molecular weight excluding hydrogens is 562 g/mol. The van der Waals surface area contributed by atoms with E-state index in [1.165, 1.54) is 11.1 Å². The average molecular weight is 608 g/mol. The molecule has 3 aliphatic rings. The molecule has 0 saturated carbocycles. The predicted octanol–water partition coefficient (Wildman–Crippen LogP) is 2.10. The summed E-state index contributed by atoms with van der Waals surface area (Å²) in [6.07, 6.45) is 2.79. The summed E-state index contributed by atoms with van der Waals surface area (Å²) in [6.45, 7) is 4.63. The lowest BCUT2D eigenvalue weighted by atomic mass is 9.76. The minimum Gasteiger partial charge on any atom is -0.492 e. The van der Waals surface area contributed by atoms with Gasteiger partial charge in [0.25, 0.3) is 0 Å². The summed E-state index contributed by atoms with van der Waals surface area (Å²) in [5.74, 6) is 1.09. The van der Waals surface area contributed by atoms with Crippen molar-refractivity contribution in [1.82, 2.24) is 20.4 Å². The van der Waals surface area contributed by atoms with Crippen molar-refractivity contribution in [2.45, 2.75) is 43.7 Å². The first-order chi connectivity index (χ1) is 21.5. The number of fused-ring (bicyclic) bond motifs is 1. The van der Waals surface area contributed by atoms with Crippen LogP contribution < -0.4 is 21.1 Å². The number of ether oxygens (including phenoxy) is 3. The molecule has 5 rings (SSSR count). The summed E-state index contributed by atoms with van der Waals surface area (Å²) in [5.41, 5.74) is 7.81. The Hall–Kier alpha value is -3.67. The fourth-order valence-electron chi connectivity index (χ4n) is 6.49. The van der Waals surface area contributed by atoms with E-state index < -0.39 is 0 Å². The van der Waals surface area contributed by atoms with E-state index in [0.717, 1.165) is 25.0 Å². The number of morpholine rings is 1.